The second-order valence-electron chi connectivity index (χ2n) is 9.57. The topological polar surface area (TPSA) is 66.5 Å². The molecular formula is C23H43F3N2O3. The lowest BCUT2D eigenvalue weighted by Crippen LogP contribution is -2.38. The molecule has 0 aromatic heterocycles. The summed E-state index contributed by atoms with van der Waals surface area (Å²) in [5.41, 5.74) is -1.04. The van der Waals surface area contributed by atoms with Crippen molar-refractivity contribution in [3.63, 3.8) is 0 Å². The van der Waals surface area contributed by atoms with Gasteiger partial charge in [-0.25, -0.2) is 0 Å². The van der Waals surface area contributed by atoms with Gasteiger partial charge in [-0.2, -0.15) is 13.2 Å². The van der Waals surface area contributed by atoms with Crippen molar-refractivity contribution in [2.75, 3.05) is 19.6 Å². The number of amides is 2. The van der Waals surface area contributed by atoms with Gasteiger partial charge in [0, 0.05) is 13.1 Å². The van der Waals surface area contributed by atoms with Crippen molar-refractivity contribution in [2.45, 2.75) is 81.3 Å². The first kappa shape index (κ1) is 31.6. The maximum atomic E-state index is 12.1. The Morgan fingerprint density at radius 1 is 1.10 bits per heavy atom. The summed E-state index contributed by atoms with van der Waals surface area (Å²) in [6.45, 7) is 18.7. The smallest absolute Gasteiger partial charge is 0.350 e. The molecule has 2 atom stereocenters. The van der Waals surface area contributed by atoms with Gasteiger partial charge in [-0.1, -0.05) is 55.4 Å². The van der Waals surface area contributed by atoms with Crippen LogP contribution in [0, 0.1) is 28.6 Å². The van der Waals surface area contributed by atoms with Crippen molar-refractivity contribution in [3.8, 4) is 0 Å². The average Bonchev–Trinajstić information content (AvgIpc) is 3.01. The Balaban J connectivity index is 0. The van der Waals surface area contributed by atoms with Crippen LogP contribution in [0.4, 0.5) is 13.2 Å². The van der Waals surface area contributed by atoms with Gasteiger partial charge in [0.15, 0.2) is 0 Å². The third kappa shape index (κ3) is 10.5. The molecule has 8 heteroatoms. The lowest BCUT2D eigenvalue weighted by Gasteiger charge is -2.29. The number of fused-ring (bicyclic) bond motifs is 1. The minimum Gasteiger partial charge on any atom is -0.350 e. The number of aldehydes is 1. The van der Waals surface area contributed by atoms with Crippen LogP contribution in [-0.4, -0.2) is 49.3 Å². The maximum Gasteiger partial charge on any atom is 0.394 e. The molecule has 1 aliphatic carbocycles. The van der Waals surface area contributed by atoms with Crippen molar-refractivity contribution in [1.29, 1.82) is 0 Å². The van der Waals surface area contributed by atoms with Gasteiger partial charge in [0.2, 0.25) is 12.3 Å². The highest BCUT2D eigenvalue weighted by molar-refractivity contribution is 5.80. The molecule has 2 fully saturated rings. The van der Waals surface area contributed by atoms with Crippen molar-refractivity contribution in [2.24, 2.45) is 28.6 Å². The van der Waals surface area contributed by atoms with Crippen molar-refractivity contribution >= 4 is 18.6 Å². The van der Waals surface area contributed by atoms with Gasteiger partial charge in [-0.05, 0) is 42.9 Å². The molecule has 31 heavy (non-hydrogen) atoms. The molecule has 1 aliphatic heterocycles. The Labute approximate surface area is 186 Å². The molecule has 184 valence electrons. The van der Waals surface area contributed by atoms with Crippen LogP contribution in [0.2, 0.25) is 0 Å². The van der Waals surface area contributed by atoms with Gasteiger partial charge >= 0.3 is 6.18 Å². The van der Waals surface area contributed by atoms with Gasteiger partial charge in [0.1, 0.15) is 6.29 Å². The van der Waals surface area contributed by atoms with E-state index in [2.05, 4.69) is 39.9 Å². The van der Waals surface area contributed by atoms with E-state index in [9.17, 15) is 22.8 Å². The summed E-state index contributed by atoms with van der Waals surface area (Å²) in [4.78, 5) is 32.2. The summed E-state index contributed by atoms with van der Waals surface area (Å²) in [6.07, 6.45) is -2.41. The Bertz CT molecular complexity index is 528. The van der Waals surface area contributed by atoms with E-state index in [-0.39, 0.29) is 25.3 Å². The maximum absolute atomic E-state index is 12.1. The third-order valence-corrected chi connectivity index (χ3v) is 6.06. The predicted molar refractivity (Wildman–Crippen MR) is 118 cm³/mol. The molecule has 0 aromatic rings. The van der Waals surface area contributed by atoms with Crippen LogP contribution in [0.3, 0.4) is 0 Å². The number of nitrogens with one attached hydrogen (secondary N) is 1. The zero-order chi connectivity index (χ0) is 25.0. The van der Waals surface area contributed by atoms with E-state index < -0.39 is 11.6 Å². The number of piperidine rings is 1. The van der Waals surface area contributed by atoms with Crippen molar-refractivity contribution < 1.29 is 27.6 Å². The normalized spacial score (nSPS) is 20.6. The highest BCUT2D eigenvalue weighted by atomic mass is 19.4. The lowest BCUT2D eigenvalue weighted by molar-refractivity contribution is -0.220. The fourth-order valence-corrected chi connectivity index (χ4v) is 3.23. The summed E-state index contributed by atoms with van der Waals surface area (Å²) in [5, 5.41) is 2.40. The Hall–Kier alpha value is -1.60. The first-order valence-electron chi connectivity index (χ1n) is 11.0. The van der Waals surface area contributed by atoms with E-state index in [1.54, 1.807) is 13.8 Å². The molecule has 1 N–H and O–H groups in total. The Kier molecular flexibility index (Phi) is 14.0. The molecule has 2 unspecified atom stereocenters. The Morgan fingerprint density at radius 2 is 1.45 bits per heavy atom. The van der Waals surface area contributed by atoms with E-state index in [1.165, 1.54) is 13.8 Å². The van der Waals surface area contributed by atoms with Gasteiger partial charge in [-0.15, -0.1) is 0 Å². The monoisotopic (exact) mass is 452 g/mol. The molecule has 0 bridgehead atoms. The fraction of sp³-hybridized carbons (Fsp3) is 0.870. The summed E-state index contributed by atoms with van der Waals surface area (Å²) in [7, 11) is 0. The summed E-state index contributed by atoms with van der Waals surface area (Å²) < 4.78 is 36.3. The minimum absolute atomic E-state index is 0.0418. The second-order valence-corrected chi connectivity index (χ2v) is 9.57. The van der Waals surface area contributed by atoms with E-state index in [4.69, 9.17) is 4.79 Å². The van der Waals surface area contributed by atoms with Gasteiger partial charge in [-0.3, -0.25) is 9.59 Å². The van der Waals surface area contributed by atoms with E-state index in [1.807, 2.05) is 4.90 Å². The molecule has 1 saturated heterocycles. The highest BCUT2D eigenvalue weighted by Gasteiger charge is 2.62. The van der Waals surface area contributed by atoms with Gasteiger partial charge in [0.05, 0.1) is 12.0 Å². The standard InChI is InChI=1S/C10H16N2O2.C7H13F3.C4H10.C2H4O/c1-10(2)7-4-12(5-8(7)10)9(14)3-11-6-13;1-4-6(3,5-2)7(8,9)10;1-4(2)3;1-2-3/h6-8H,3-5H2,1-2H3,(H,11,13);4-5H2,1-3H3;4H,1-3H3;2H,1H3. The molecule has 0 spiro atoms. The van der Waals surface area contributed by atoms with Crippen LogP contribution < -0.4 is 5.32 Å². The molecule has 2 amide bonds. The van der Waals surface area contributed by atoms with Crippen LogP contribution in [0.1, 0.15) is 75.2 Å². The van der Waals surface area contributed by atoms with Crippen LogP contribution in [0.15, 0.2) is 0 Å². The van der Waals surface area contributed by atoms with E-state index in [0.29, 0.717) is 23.7 Å². The summed E-state index contributed by atoms with van der Waals surface area (Å²) >= 11 is 0. The number of alkyl halides is 3. The van der Waals surface area contributed by atoms with Crippen LogP contribution in [0.5, 0.6) is 0 Å². The predicted octanol–water partition coefficient (Wildman–Crippen LogP) is 5.09. The third-order valence-electron chi connectivity index (χ3n) is 6.06. The molecule has 0 radical (unpaired) electrons. The Morgan fingerprint density at radius 3 is 1.68 bits per heavy atom. The van der Waals surface area contributed by atoms with Crippen LogP contribution in [-0.2, 0) is 14.4 Å². The molecular weight excluding hydrogens is 409 g/mol. The minimum atomic E-state index is -4.05. The quantitative estimate of drug-likeness (QED) is 0.591. The largest absolute Gasteiger partial charge is 0.394 e. The molecule has 1 heterocycles. The number of hydrogen-bond donors (Lipinski definition) is 1. The average molecular weight is 453 g/mol. The van der Waals surface area contributed by atoms with Gasteiger partial charge < -0.3 is 15.0 Å². The molecule has 1 saturated carbocycles. The zero-order valence-corrected chi connectivity index (χ0v) is 20.7. The summed E-state index contributed by atoms with van der Waals surface area (Å²) in [5.74, 6) is 2.24. The number of halogens is 3. The first-order valence-corrected chi connectivity index (χ1v) is 11.0. The summed E-state index contributed by atoms with van der Waals surface area (Å²) in [6, 6.07) is 0. The molecule has 5 nitrogen and oxygen atoms in total. The number of carbonyl (C=O) groups is 3. The SMILES string of the molecule is CC(C)C.CC1(C)C2CN(C(=O)CNC=O)CC21.CC=O.CCC(C)(CC)C(F)(F)F. The molecule has 0 aromatic carbocycles. The zero-order valence-electron chi connectivity index (χ0n) is 20.7. The number of rotatable bonds is 5. The molecule has 2 aliphatic rings. The second kappa shape index (κ2) is 13.7. The van der Waals surface area contributed by atoms with Crippen molar-refractivity contribution in [3.05, 3.63) is 0 Å². The lowest BCUT2D eigenvalue weighted by atomic mass is 9.84. The first-order chi connectivity index (χ1) is 14.1. The number of likely N-dealkylation sites (tertiary alicyclic amines) is 1. The number of carbonyl (C=O) groups excluding carboxylic acids is 3. The van der Waals surface area contributed by atoms with Gasteiger partial charge in [0.25, 0.3) is 0 Å². The van der Waals surface area contributed by atoms with E-state index in [0.717, 1.165) is 25.3 Å². The fourth-order valence-electron chi connectivity index (χ4n) is 3.23. The number of hydrogen-bond acceptors (Lipinski definition) is 3. The van der Waals surface area contributed by atoms with E-state index >= 15 is 0 Å². The van der Waals surface area contributed by atoms with Crippen LogP contribution >= 0.6 is 0 Å². The van der Waals surface area contributed by atoms with Crippen molar-refractivity contribution in [1.82, 2.24) is 10.2 Å². The van der Waals surface area contributed by atoms with Crippen LogP contribution in [0.25, 0.3) is 0 Å². The number of nitrogens with zero attached hydrogens (tertiary/aromatic N) is 1. The highest BCUT2D eigenvalue weighted by Crippen LogP contribution is 2.61. The molecule has 2 rings (SSSR count).